The second-order valence-corrected chi connectivity index (χ2v) is 7.83. The van der Waals surface area contributed by atoms with E-state index in [1.807, 2.05) is 26.8 Å². The molecule has 0 saturated carbocycles. The van der Waals surface area contributed by atoms with Crippen molar-refractivity contribution in [2.24, 2.45) is 0 Å². The Hall–Kier alpha value is -1.60. The molecule has 1 N–H and O–H groups in total. The fraction of sp³-hybridized carbons (Fsp3) is 0.562. The Morgan fingerprint density at radius 2 is 2.22 bits per heavy atom. The Labute approximate surface area is 140 Å². The summed E-state index contributed by atoms with van der Waals surface area (Å²) in [6.45, 7) is 8.65. The summed E-state index contributed by atoms with van der Waals surface area (Å²) in [4.78, 5) is 23.3. The van der Waals surface area contributed by atoms with Crippen LogP contribution in [0.5, 0.6) is 0 Å². The number of carbonyl (C=O) groups is 2. The summed E-state index contributed by atoms with van der Waals surface area (Å²) in [7, 11) is 0. The quantitative estimate of drug-likeness (QED) is 0.894. The van der Waals surface area contributed by atoms with Crippen LogP contribution in [0.1, 0.15) is 39.8 Å². The van der Waals surface area contributed by atoms with Gasteiger partial charge in [-0.15, -0.1) is 0 Å². The van der Waals surface area contributed by atoms with Gasteiger partial charge >= 0.3 is 6.09 Å². The topological polar surface area (TPSA) is 73.2 Å². The summed E-state index contributed by atoms with van der Waals surface area (Å²) in [5, 5.41) is 7.83. The van der Waals surface area contributed by atoms with Crippen molar-refractivity contribution >= 4 is 29.0 Å². The van der Waals surface area contributed by atoms with E-state index in [9.17, 15) is 9.59 Å². The Morgan fingerprint density at radius 3 is 2.87 bits per heavy atom. The van der Waals surface area contributed by atoms with Crippen molar-refractivity contribution in [2.45, 2.75) is 45.0 Å². The monoisotopic (exact) mass is 337 g/mol. The highest BCUT2D eigenvalue weighted by Gasteiger charge is 2.22. The van der Waals surface area contributed by atoms with Gasteiger partial charge < -0.3 is 10.1 Å². The SMILES string of the molecule is CC(=O)SC1CCNCC1=Cc1ccn(C(=O)OC(C)(C)C)n1. The van der Waals surface area contributed by atoms with Crippen LogP contribution in [0.15, 0.2) is 17.8 Å². The first kappa shape index (κ1) is 17.7. The minimum absolute atomic E-state index is 0.113. The second-order valence-electron chi connectivity index (χ2n) is 6.45. The largest absolute Gasteiger partial charge is 0.442 e. The average molecular weight is 337 g/mol. The standard InChI is InChI=1S/C16H23N3O3S/c1-11(20)23-14-5-7-17-10-12(14)9-13-6-8-19(18-13)15(21)22-16(2,3)4/h6,8-9,14,17H,5,7,10H2,1-4H3. The summed E-state index contributed by atoms with van der Waals surface area (Å²) >= 11 is 1.35. The summed E-state index contributed by atoms with van der Waals surface area (Å²) < 4.78 is 6.48. The molecule has 1 saturated heterocycles. The number of thioether (sulfide) groups is 1. The fourth-order valence-electron chi connectivity index (χ4n) is 2.26. The van der Waals surface area contributed by atoms with Gasteiger partial charge in [-0.05, 0) is 51.5 Å². The van der Waals surface area contributed by atoms with Gasteiger partial charge in [0.15, 0.2) is 5.12 Å². The Bertz CT molecular complexity index is 616. The number of hydrogen-bond acceptors (Lipinski definition) is 6. The van der Waals surface area contributed by atoms with Crippen molar-refractivity contribution in [1.82, 2.24) is 15.1 Å². The van der Waals surface area contributed by atoms with Gasteiger partial charge in [-0.3, -0.25) is 4.79 Å². The average Bonchev–Trinajstić information content (AvgIpc) is 2.87. The zero-order valence-electron chi connectivity index (χ0n) is 14.0. The lowest BCUT2D eigenvalue weighted by Crippen LogP contribution is -2.32. The molecule has 0 amide bonds. The molecular formula is C16H23N3O3S. The number of nitrogens with one attached hydrogen (secondary N) is 1. The third-order valence-corrected chi connectivity index (χ3v) is 4.31. The van der Waals surface area contributed by atoms with Gasteiger partial charge in [0.05, 0.1) is 5.69 Å². The number of piperidine rings is 1. The minimum Gasteiger partial charge on any atom is -0.442 e. The molecule has 0 spiro atoms. The predicted molar refractivity (Wildman–Crippen MR) is 91.4 cm³/mol. The molecule has 1 aliphatic rings. The van der Waals surface area contributed by atoms with Crippen LogP contribution in [0, 0.1) is 0 Å². The number of ether oxygens (including phenoxy) is 1. The van der Waals surface area contributed by atoms with Crippen LogP contribution in [-0.2, 0) is 9.53 Å². The molecule has 0 radical (unpaired) electrons. The molecule has 7 heteroatoms. The third kappa shape index (κ3) is 5.51. The van der Waals surface area contributed by atoms with Crippen molar-refractivity contribution in [3.63, 3.8) is 0 Å². The van der Waals surface area contributed by atoms with Gasteiger partial charge in [-0.25, -0.2) is 4.79 Å². The molecule has 0 bridgehead atoms. The molecule has 2 rings (SSSR count). The van der Waals surface area contributed by atoms with Crippen molar-refractivity contribution in [3.05, 3.63) is 23.5 Å². The predicted octanol–water partition coefficient (Wildman–Crippen LogP) is 2.69. The molecule has 1 aromatic rings. The van der Waals surface area contributed by atoms with E-state index in [-0.39, 0.29) is 10.4 Å². The van der Waals surface area contributed by atoms with Crippen LogP contribution in [0.25, 0.3) is 6.08 Å². The van der Waals surface area contributed by atoms with E-state index in [1.165, 1.54) is 16.4 Å². The molecule has 2 heterocycles. The molecule has 0 aliphatic carbocycles. The zero-order valence-corrected chi connectivity index (χ0v) is 14.8. The maximum atomic E-state index is 12.0. The van der Waals surface area contributed by atoms with E-state index in [1.54, 1.807) is 19.2 Å². The summed E-state index contributed by atoms with van der Waals surface area (Å²) in [5.74, 6) is 0. The Morgan fingerprint density at radius 1 is 1.48 bits per heavy atom. The zero-order chi connectivity index (χ0) is 17.0. The maximum absolute atomic E-state index is 12.0. The van der Waals surface area contributed by atoms with Crippen LogP contribution >= 0.6 is 11.8 Å². The van der Waals surface area contributed by atoms with Crippen molar-refractivity contribution < 1.29 is 14.3 Å². The highest BCUT2D eigenvalue weighted by Crippen LogP contribution is 2.26. The second kappa shape index (κ2) is 7.31. The number of rotatable bonds is 2. The van der Waals surface area contributed by atoms with Crippen LogP contribution in [0.4, 0.5) is 4.79 Å². The normalized spacial score (nSPS) is 20.5. The van der Waals surface area contributed by atoms with Gasteiger partial charge in [0.25, 0.3) is 0 Å². The number of hydrogen-bond donors (Lipinski definition) is 1. The summed E-state index contributed by atoms with van der Waals surface area (Å²) in [6.07, 6.45) is 3.93. The van der Waals surface area contributed by atoms with Crippen molar-refractivity contribution in [3.8, 4) is 0 Å². The van der Waals surface area contributed by atoms with Gasteiger partial charge in [0, 0.05) is 24.9 Å². The van der Waals surface area contributed by atoms with Crippen LogP contribution in [0.3, 0.4) is 0 Å². The van der Waals surface area contributed by atoms with Crippen molar-refractivity contribution in [2.75, 3.05) is 13.1 Å². The lowest BCUT2D eigenvalue weighted by molar-refractivity contribution is -0.109. The number of aromatic nitrogens is 2. The van der Waals surface area contributed by atoms with Gasteiger partial charge in [0.1, 0.15) is 5.60 Å². The van der Waals surface area contributed by atoms with E-state index in [4.69, 9.17) is 4.74 Å². The van der Waals surface area contributed by atoms with E-state index >= 15 is 0 Å². The van der Waals surface area contributed by atoms with Crippen molar-refractivity contribution in [1.29, 1.82) is 0 Å². The van der Waals surface area contributed by atoms with Crippen LogP contribution < -0.4 is 5.32 Å². The first-order valence-corrected chi connectivity index (χ1v) is 8.50. The number of carbonyl (C=O) groups excluding carboxylic acids is 2. The van der Waals surface area contributed by atoms with E-state index < -0.39 is 11.7 Å². The Balaban J connectivity index is 2.12. The van der Waals surface area contributed by atoms with Gasteiger partial charge in [-0.1, -0.05) is 11.8 Å². The van der Waals surface area contributed by atoms with E-state index in [0.29, 0.717) is 5.69 Å². The first-order chi connectivity index (χ1) is 10.7. The van der Waals surface area contributed by atoms with Crippen LogP contribution in [0.2, 0.25) is 0 Å². The molecule has 0 aromatic carbocycles. The number of nitrogens with zero attached hydrogens (tertiary/aromatic N) is 2. The minimum atomic E-state index is -0.557. The van der Waals surface area contributed by atoms with E-state index in [0.717, 1.165) is 25.1 Å². The molecule has 1 fully saturated rings. The molecule has 1 aromatic heterocycles. The summed E-state index contributed by atoms with van der Waals surface area (Å²) in [6, 6.07) is 1.76. The smallest absolute Gasteiger partial charge is 0.435 e. The fourth-order valence-corrected chi connectivity index (χ4v) is 3.20. The van der Waals surface area contributed by atoms with Gasteiger partial charge in [-0.2, -0.15) is 9.78 Å². The lowest BCUT2D eigenvalue weighted by atomic mass is 10.0. The lowest BCUT2D eigenvalue weighted by Gasteiger charge is -2.24. The molecule has 126 valence electrons. The van der Waals surface area contributed by atoms with Crippen LogP contribution in [-0.4, -0.2) is 44.9 Å². The molecular weight excluding hydrogens is 314 g/mol. The first-order valence-electron chi connectivity index (χ1n) is 7.62. The molecule has 1 atom stereocenters. The maximum Gasteiger partial charge on any atom is 0.435 e. The molecule has 1 aliphatic heterocycles. The molecule has 23 heavy (non-hydrogen) atoms. The highest BCUT2D eigenvalue weighted by atomic mass is 32.2. The van der Waals surface area contributed by atoms with Gasteiger partial charge in [0.2, 0.25) is 0 Å². The molecule has 6 nitrogen and oxygen atoms in total. The highest BCUT2D eigenvalue weighted by molar-refractivity contribution is 8.14. The van der Waals surface area contributed by atoms with E-state index in [2.05, 4.69) is 10.4 Å². The summed E-state index contributed by atoms with van der Waals surface area (Å²) in [5.41, 5.74) is 1.24. The molecule has 1 unspecified atom stereocenters. The Kier molecular flexibility index (Phi) is 5.64. The third-order valence-electron chi connectivity index (χ3n) is 3.16.